The van der Waals surface area contributed by atoms with E-state index in [0.717, 1.165) is 11.4 Å². The van der Waals surface area contributed by atoms with Crippen molar-refractivity contribution in [1.82, 2.24) is 10.2 Å². The second kappa shape index (κ2) is 6.42. The van der Waals surface area contributed by atoms with Gasteiger partial charge < -0.3 is 10.5 Å². The van der Waals surface area contributed by atoms with E-state index in [2.05, 4.69) is 15.5 Å². The Morgan fingerprint density at radius 3 is 2.72 bits per heavy atom. The molecule has 1 amide bonds. The molecule has 0 saturated carbocycles. The van der Waals surface area contributed by atoms with Crippen molar-refractivity contribution < 1.29 is 9.53 Å². The van der Waals surface area contributed by atoms with E-state index in [1.165, 1.54) is 11.3 Å². The summed E-state index contributed by atoms with van der Waals surface area (Å²) in [5.41, 5.74) is 5.22. The molecule has 1 fully saturated rings. The zero-order valence-electron chi connectivity index (χ0n) is 10.1. The third-order valence-corrected chi connectivity index (χ3v) is 3.81. The van der Waals surface area contributed by atoms with Crippen molar-refractivity contribution in [2.45, 2.75) is 31.7 Å². The van der Waals surface area contributed by atoms with Crippen LogP contribution in [0.1, 0.15) is 24.8 Å². The van der Waals surface area contributed by atoms with Gasteiger partial charge in [-0.05, 0) is 19.3 Å². The molecule has 6 nitrogen and oxygen atoms in total. The number of carbonyl (C=O) groups excluding carboxylic acids is 1. The number of ether oxygens (including phenoxy) is 1. The van der Waals surface area contributed by atoms with Crippen LogP contribution in [0.15, 0.2) is 0 Å². The first kappa shape index (κ1) is 15.3. The molecule has 0 bridgehead atoms. The summed E-state index contributed by atoms with van der Waals surface area (Å²) in [6.45, 7) is 3.05. The maximum atomic E-state index is 12.0. The number of carbonyl (C=O) groups is 1. The Balaban J connectivity index is 0.00000162. The Hall–Kier alpha value is -0.760. The molecule has 0 atom stereocenters. The molecule has 3 N–H and O–H groups in total. The molecule has 18 heavy (non-hydrogen) atoms. The van der Waals surface area contributed by atoms with Crippen LogP contribution in [0.25, 0.3) is 0 Å². The molecule has 8 heteroatoms. The molecule has 1 saturated heterocycles. The molecule has 1 aromatic heterocycles. The number of aryl methyl sites for hydroxylation is 1. The van der Waals surface area contributed by atoms with Crippen LogP contribution in [0.4, 0.5) is 5.13 Å². The van der Waals surface area contributed by atoms with E-state index in [9.17, 15) is 4.79 Å². The summed E-state index contributed by atoms with van der Waals surface area (Å²) < 4.78 is 5.20. The molecule has 0 unspecified atom stereocenters. The molecule has 0 aliphatic carbocycles. The summed E-state index contributed by atoms with van der Waals surface area (Å²) in [5.74, 6) is -0.195. The van der Waals surface area contributed by atoms with Gasteiger partial charge in [0.05, 0.1) is 0 Å². The zero-order chi connectivity index (χ0) is 12.3. The summed E-state index contributed by atoms with van der Waals surface area (Å²) in [6.07, 6.45) is 1.89. The molecule has 0 radical (unpaired) electrons. The number of nitrogens with two attached hydrogens (primary N) is 1. The van der Waals surface area contributed by atoms with Gasteiger partial charge in [-0.3, -0.25) is 10.1 Å². The van der Waals surface area contributed by atoms with E-state index in [4.69, 9.17) is 10.5 Å². The molecule has 1 aliphatic rings. The van der Waals surface area contributed by atoms with Crippen LogP contribution in [-0.2, 0) is 16.0 Å². The Kier molecular flexibility index (Phi) is 5.46. The van der Waals surface area contributed by atoms with Crippen molar-refractivity contribution in [2.75, 3.05) is 18.5 Å². The Morgan fingerprint density at radius 1 is 1.50 bits per heavy atom. The number of anilines is 1. The number of nitrogens with zero attached hydrogens (tertiary/aromatic N) is 2. The fourth-order valence-corrected chi connectivity index (χ4v) is 2.31. The second-order valence-electron chi connectivity index (χ2n) is 4.08. The SMILES string of the molecule is CCc1nnc(NC(=O)C2(N)CCOCC2)s1.Cl. The fourth-order valence-electron chi connectivity index (χ4n) is 1.63. The van der Waals surface area contributed by atoms with Crippen molar-refractivity contribution in [1.29, 1.82) is 0 Å². The van der Waals surface area contributed by atoms with Gasteiger partial charge in [0.25, 0.3) is 0 Å². The number of nitrogens with one attached hydrogen (secondary N) is 1. The minimum Gasteiger partial charge on any atom is -0.381 e. The predicted molar refractivity (Wildman–Crippen MR) is 72.1 cm³/mol. The number of halogens is 1. The molecular formula is C10H17ClN4O2S. The zero-order valence-corrected chi connectivity index (χ0v) is 11.8. The average Bonchev–Trinajstić information content (AvgIpc) is 2.78. The van der Waals surface area contributed by atoms with Gasteiger partial charge in [-0.15, -0.1) is 22.6 Å². The number of hydrogen-bond donors (Lipinski definition) is 2. The Morgan fingerprint density at radius 2 is 2.17 bits per heavy atom. The lowest BCUT2D eigenvalue weighted by Crippen LogP contribution is -2.54. The molecule has 102 valence electrons. The maximum absolute atomic E-state index is 12.0. The number of aromatic nitrogens is 2. The van der Waals surface area contributed by atoms with Crippen LogP contribution < -0.4 is 11.1 Å². The number of hydrogen-bond acceptors (Lipinski definition) is 6. The van der Waals surface area contributed by atoms with E-state index in [1.54, 1.807) is 0 Å². The van der Waals surface area contributed by atoms with E-state index in [-0.39, 0.29) is 18.3 Å². The van der Waals surface area contributed by atoms with Crippen molar-refractivity contribution in [2.24, 2.45) is 5.73 Å². The van der Waals surface area contributed by atoms with E-state index < -0.39 is 5.54 Å². The van der Waals surface area contributed by atoms with Crippen LogP contribution in [0, 0.1) is 0 Å². The van der Waals surface area contributed by atoms with Crippen LogP contribution in [-0.4, -0.2) is 34.9 Å². The van der Waals surface area contributed by atoms with E-state index in [1.807, 2.05) is 6.92 Å². The second-order valence-corrected chi connectivity index (χ2v) is 5.14. The summed E-state index contributed by atoms with van der Waals surface area (Å²) in [4.78, 5) is 12.0. The Bertz CT molecular complexity index is 406. The van der Waals surface area contributed by atoms with Gasteiger partial charge in [-0.1, -0.05) is 18.3 Å². The van der Waals surface area contributed by atoms with Crippen molar-refractivity contribution in [3.8, 4) is 0 Å². The summed E-state index contributed by atoms with van der Waals surface area (Å²) in [5, 5.41) is 12.0. The molecule has 0 aromatic carbocycles. The first-order chi connectivity index (χ1) is 8.14. The fraction of sp³-hybridized carbons (Fsp3) is 0.700. The lowest BCUT2D eigenvalue weighted by atomic mass is 9.90. The highest BCUT2D eigenvalue weighted by atomic mass is 35.5. The van der Waals surface area contributed by atoms with E-state index >= 15 is 0 Å². The Labute approximate surface area is 116 Å². The van der Waals surface area contributed by atoms with Crippen molar-refractivity contribution in [3.63, 3.8) is 0 Å². The normalized spacial score (nSPS) is 17.9. The van der Waals surface area contributed by atoms with Gasteiger partial charge in [0.2, 0.25) is 11.0 Å². The molecular weight excluding hydrogens is 276 g/mol. The highest BCUT2D eigenvalue weighted by Gasteiger charge is 2.36. The van der Waals surface area contributed by atoms with Gasteiger partial charge in [-0.25, -0.2) is 0 Å². The minimum atomic E-state index is -0.837. The summed E-state index contributed by atoms with van der Waals surface area (Å²) in [6, 6.07) is 0. The molecule has 2 rings (SSSR count). The van der Waals surface area contributed by atoms with Crippen LogP contribution in [0.5, 0.6) is 0 Å². The monoisotopic (exact) mass is 292 g/mol. The number of amides is 1. The largest absolute Gasteiger partial charge is 0.381 e. The highest BCUT2D eigenvalue weighted by Crippen LogP contribution is 2.21. The van der Waals surface area contributed by atoms with Gasteiger partial charge >= 0.3 is 0 Å². The third-order valence-electron chi connectivity index (χ3n) is 2.83. The summed E-state index contributed by atoms with van der Waals surface area (Å²) in [7, 11) is 0. The van der Waals surface area contributed by atoms with Gasteiger partial charge in [-0.2, -0.15) is 0 Å². The van der Waals surface area contributed by atoms with Crippen LogP contribution >= 0.6 is 23.7 Å². The number of rotatable bonds is 3. The van der Waals surface area contributed by atoms with Crippen molar-refractivity contribution >= 4 is 34.8 Å². The van der Waals surface area contributed by atoms with E-state index in [0.29, 0.717) is 31.2 Å². The van der Waals surface area contributed by atoms with Gasteiger partial charge in [0, 0.05) is 13.2 Å². The van der Waals surface area contributed by atoms with Crippen molar-refractivity contribution in [3.05, 3.63) is 5.01 Å². The first-order valence-corrected chi connectivity index (χ1v) is 6.46. The topological polar surface area (TPSA) is 90.1 Å². The predicted octanol–water partition coefficient (Wildman–Crippen LogP) is 0.969. The minimum absolute atomic E-state index is 0. The lowest BCUT2D eigenvalue weighted by molar-refractivity contribution is -0.124. The molecule has 1 aromatic rings. The molecule has 1 aliphatic heterocycles. The molecule has 2 heterocycles. The van der Waals surface area contributed by atoms with Crippen LogP contribution in [0.2, 0.25) is 0 Å². The van der Waals surface area contributed by atoms with Gasteiger partial charge in [0.1, 0.15) is 10.5 Å². The first-order valence-electron chi connectivity index (χ1n) is 5.64. The third kappa shape index (κ3) is 3.38. The standard InChI is InChI=1S/C10H16N4O2S.ClH/c1-2-7-13-14-9(17-7)12-8(15)10(11)3-5-16-6-4-10;/h2-6,11H2,1H3,(H,12,14,15);1H. The van der Waals surface area contributed by atoms with Gasteiger partial charge in [0.15, 0.2) is 0 Å². The quantitative estimate of drug-likeness (QED) is 0.866. The summed E-state index contributed by atoms with van der Waals surface area (Å²) >= 11 is 1.38. The highest BCUT2D eigenvalue weighted by molar-refractivity contribution is 7.15. The maximum Gasteiger partial charge on any atom is 0.246 e. The smallest absolute Gasteiger partial charge is 0.246 e. The van der Waals surface area contributed by atoms with Crippen LogP contribution in [0.3, 0.4) is 0 Å². The lowest BCUT2D eigenvalue weighted by Gasteiger charge is -2.31. The average molecular weight is 293 g/mol. The molecule has 0 spiro atoms.